The van der Waals surface area contributed by atoms with Gasteiger partial charge in [0.25, 0.3) is 5.78 Å². The predicted molar refractivity (Wildman–Crippen MR) is 52.5 cm³/mol. The summed E-state index contributed by atoms with van der Waals surface area (Å²) in [6.45, 7) is 1.80. The highest BCUT2D eigenvalue weighted by molar-refractivity contribution is 6.40. The molecule has 0 heterocycles. The van der Waals surface area contributed by atoms with Crippen molar-refractivity contribution < 1.29 is 14.7 Å². The van der Waals surface area contributed by atoms with Gasteiger partial charge in [0.15, 0.2) is 0 Å². The van der Waals surface area contributed by atoms with E-state index in [0.29, 0.717) is 17.5 Å². The van der Waals surface area contributed by atoms with Crippen molar-refractivity contribution in [2.45, 2.75) is 13.3 Å². The number of ketones is 1. The van der Waals surface area contributed by atoms with Crippen LogP contribution in [0.4, 0.5) is 0 Å². The minimum atomic E-state index is -1.48. The van der Waals surface area contributed by atoms with Crippen molar-refractivity contribution in [3.05, 3.63) is 34.9 Å². The van der Waals surface area contributed by atoms with Gasteiger partial charge in [-0.2, -0.15) is 5.26 Å². The molecular formula is C11H9NO3. The van der Waals surface area contributed by atoms with E-state index in [0.717, 1.165) is 0 Å². The summed E-state index contributed by atoms with van der Waals surface area (Å²) in [6, 6.07) is 6.30. The molecule has 76 valence electrons. The molecule has 0 aliphatic carbocycles. The number of carboxylic acids is 1. The third kappa shape index (κ3) is 2.20. The van der Waals surface area contributed by atoms with E-state index < -0.39 is 11.8 Å². The highest BCUT2D eigenvalue weighted by Crippen LogP contribution is 2.13. The summed E-state index contributed by atoms with van der Waals surface area (Å²) in [5.41, 5.74) is 1.17. The lowest BCUT2D eigenvalue weighted by atomic mass is 9.99. The maximum Gasteiger partial charge on any atom is 0.377 e. The second kappa shape index (κ2) is 4.38. The average molecular weight is 203 g/mol. The van der Waals surface area contributed by atoms with Crippen LogP contribution < -0.4 is 0 Å². The Labute approximate surface area is 86.8 Å². The summed E-state index contributed by atoms with van der Waals surface area (Å²) in [5, 5.41) is 17.2. The zero-order valence-corrected chi connectivity index (χ0v) is 8.15. The first-order valence-corrected chi connectivity index (χ1v) is 4.40. The number of hydrogen-bond donors (Lipinski definition) is 1. The topological polar surface area (TPSA) is 78.2 Å². The summed E-state index contributed by atoms with van der Waals surface area (Å²) in [4.78, 5) is 21.7. The minimum absolute atomic E-state index is 0.156. The molecule has 4 nitrogen and oxygen atoms in total. The fourth-order valence-electron chi connectivity index (χ4n) is 1.29. The maximum absolute atomic E-state index is 11.2. The number of aryl methyl sites for hydroxylation is 1. The Morgan fingerprint density at radius 2 is 2.13 bits per heavy atom. The molecule has 1 aromatic rings. The van der Waals surface area contributed by atoms with Gasteiger partial charge in [0.1, 0.15) is 0 Å². The van der Waals surface area contributed by atoms with Crippen LogP contribution >= 0.6 is 0 Å². The Morgan fingerprint density at radius 1 is 1.47 bits per heavy atom. The van der Waals surface area contributed by atoms with Crippen molar-refractivity contribution in [3.8, 4) is 6.07 Å². The Bertz CT molecular complexity index is 457. The van der Waals surface area contributed by atoms with Crippen LogP contribution in [0, 0.1) is 11.3 Å². The number of nitriles is 1. The second-order valence-electron chi connectivity index (χ2n) is 2.97. The highest BCUT2D eigenvalue weighted by atomic mass is 16.4. The molecule has 0 saturated carbocycles. The van der Waals surface area contributed by atoms with E-state index in [-0.39, 0.29) is 5.56 Å². The number of hydrogen-bond acceptors (Lipinski definition) is 3. The van der Waals surface area contributed by atoms with Crippen molar-refractivity contribution in [1.82, 2.24) is 0 Å². The van der Waals surface area contributed by atoms with Gasteiger partial charge in [-0.05, 0) is 30.2 Å². The van der Waals surface area contributed by atoms with Crippen molar-refractivity contribution in [2.75, 3.05) is 0 Å². The molecule has 4 heteroatoms. The summed E-state index contributed by atoms with van der Waals surface area (Å²) in [7, 11) is 0. The molecular weight excluding hydrogens is 194 g/mol. The molecule has 15 heavy (non-hydrogen) atoms. The lowest BCUT2D eigenvalue weighted by Crippen LogP contribution is -2.14. The van der Waals surface area contributed by atoms with Gasteiger partial charge in [-0.15, -0.1) is 0 Å². The lowest BCUT2D eigenvalue weighted by Gasteiger charge is -2.04. The van der Waals surface area contributed by atoms with Crippen molar-refractivity contribution in [2.24, 2.45) is 0 Å². The fourth-order valence-corrected chi connectivity index (χ4v) is 1.29. The predicted octanol–water partition coefficient (Wildman–Crippen LogP) is 1.39. The number of carboxylic acid groups (broad SMARTS) is 1. The average Bonchev–Trinajstić information content (AvgIpc) is 2.27. The number of carbonyl (C=O) groups is 2. The standard InChI is InChI=1S/C11H9NO3/c1-2-8-5-7(6-12)3-4-9(8)10(13)11(14)15/h3-5H,2H2,1H3,(H,14,15). The highest BCUT2D eigenvalue weighted by Gasteiger charge is 2.17. The second-order valence-corrected chi connectivity index (χ2v) is 2.97. The number of benzene rings is 1. The first-order chi connectivity index (χ1) is 7.10. The molecule has 0 fully saturated rings. The van der Waals surface area contributed by atoms with Gasteiger partial charge in [0.05, 0.1) is 11.6 Å². The van der Waals surface area contributed by atoms with Crippen LogP contribution in [-0.2, 0) is 11.2 Å². The lowest BCUT2D eigenvalue weighted by molar-refractivity contribution is -0.131. The first kappa shape index (κ1) is 10.9. The Kier molecular flexibility index (Phi) is 3.19. The Hall–Kier alpha value is -2.15. The maximum atomic E-state index is 11.2. The summed E-state index contributed by atoms with van der Waals surface area (Å²) in [5.74, 6) is -2.41. The molecule has 0 radical (unpaired) electrons. The molecule has 0 atom stereocenters. The number of Topliss-reactive ketones (excluding diaryl/α,β-unsaturated/α-hetero) is 1. The number of aliphatic carboxylic acids is 1. The van der Waals surface area contributed by atoms with Crippen molar-refractivity contribution in [3.63, 3.8) is 0 Å². The van der Waals surface area contributed by atoms with Crippen molar-refractivity contribution >= 4 is 11.8 Å². The van der Waals surface area contributed by atoms with E-state index >= 15 is 0 Å². The zero-order chi connectivity index (χ0) is 11.4. The van der Waals surface area contributed by atoms with Crippen molar-refractivity contribution in [1.29, 1.82) is 5.26 Å². The van der Waals surface area contributed by atoms with E-state index in [1.807, 2.05) is 6.07 Å². The smallest absolute Gasteiger partial charge is 0.377 e. The molecule has 0 spiro atoms. The van der Waals surface area contributed by atoms with Crippen LogP contribution in [0.15, 0.2) is 18.2 Å². The molecule has 0 aromatic heterocycles. The van der Waals surface area contributed by atoms with Crippen LogP contribution in [0.2, 0.25) is 0 Å². The van der Waals surface area contributed by atoms with Crippen LogP contribution in [0.25, 0.3) is 0 Å². The third-order valence-corrected chi connectivity index (χ3v) is 2.05. The molecule has 0 unspecified atom stereocenters. The quantitative estimate of drug-likeness (QED) is 0.594. The monoisotopic (exact) mass is 203 g/mol. The molecule has 1 aromatic carbocycles. The van der Waals surface area contributed by atoms with Gasteiger partial charge < -0.3 is 5.11 Å². The number of rotatable bonds is 3. The zero-order valence-electron chi connectivity index (χ0n) is 8.15. The summed E-state index contributed by atoms with van der Waals surface area (Å²) >= 11 is 0. The van der Waals surface area contributed by atoms with E-state index in [2.05, 4.69) is 0 Å². The van der Waals surface area contributed by atoms with E-state index in [4.69, 9.17) is 10.4 Å². The Balaban J connectivity index is 3.26. The van der Waals surface area contributed by atoms with Gasteiger partial charge >= 0.3 is 5.97 Å². The minimum Gasteiger partial charge on any atom is -0.475 e. The first-order valence-electron chi connectivity index (χ1n) is 4.40. The van der Waals surface area contributed by atoms with Gasteiger partial charge in [-0.3, -0.25) is 4.79 Å². The van der Waals surface area contributed by atoms with Gasteiger partial charge in [-0.1, -0.05) is 6.92 Å². The van der Waals surface area contributed by atoms with Crippen LogP contribution in [-0.4, -0.2) is 16.9 Å². The SMILES string of the molecule is CCc1cc(C#N)ccc1C(=O)C(=O)O. The molecule has 1 N–H and O–H groups in total. The number of carbonyl (C=O) groups excluding carboxylic acids is 1. The normalized spacial score (nSPS) is 9.33. The van der Waals surface area contributed by atoms with Gasteiger partial charge in [0, 0.05) is 5.56 Å². The third-order valence-electron chi connectivity index (χ3n) is 2.05. The summed E-state index contributed by atoms with van der Waals surface area (Å²) in [6.07, 6.45) is 0.518. The summed E-state index contributed by atoms with van der Waals surface area (Å²) < 4.78 is 0. The molecule has 0 aliphatic heterocycles. The molecule has 0 bridgehead atoms. The molecule has 0 saturated heterocycles. The van der Waals surface area contributed by atoms with Gasteiger partial charge in [-0.25, -0.2) is 4.79 Å². The van der Waals surface area contributed by atoms with Crippen LogP contribution in [0.1, 0.15) is 28.4 Å². The molecule has 0 aliphatic rings. The van der Waals surface area contributed by atoms with Crippen LogP contribution in [0.5, 0.6) is 0 Å². The number of nitrogens with zero attached hydrogens (tertiary/aromatic N) is 1. The van der Waals surface area contributed by atoms with Crippen LogP contribution in [0.3, 0.4) is 0 Å². The fraction of sp³-hybridized carbons (Fsp3) is 0.182. The van der Waals surface area contributed by atoms with E-state index in [1.54, 1.807) is 6.92 Å². The largest absolute Gasteiger partial charge is 0.475 e. The van der Waals surface area contributed by atoms with Gasteiger partial charge in [0.2, 0.25) is 0 Å². The molecule has 0 amide bonds. The van der Waals surface area contributed by atoms with E-state index in [9.17, 15) is 9.59 Å². The Morgan fingerprint density at radius 3 is 2.60 bits per heavy atom. The molecule has 1 rings (SSSR count). The van der Waals surface area contributed by atoms with E-state index in [1.165, 1.54) is 18.2 Å².